The Morgan fingerprint density at radius 2 is 2.05 bits per heavy atom. The fourth-order valence-corrected chi connectivity index (χ4v) is 2.98. The number of carbonyl (C=O) groups is 2. The van der Waals surface area contributed by atoms with Gasteiger partial charge in [-0.05, 0) is 24.5 Å². The van der Waals surface area contributed by atoms with E-state index in [-0.39, 0.29) is 17.7 Å². The van der Waals surface area contributed by atoms with E-state index < -0.39 is 6.04 Å². The van der Waals surface area contributed by atoms with Crippen molar-refractivity contribution in [3.05, 3.63) is 34.3 Å². The summed E-state index contributed by atoms with van der Waals surface area (Å²) in [6, 6.07) is 7.09. The predicted octanol–water partition coefficient (Wildman–Crippen LogP) is 1.86. The monoisotopic (exact) mass is 322 g/mol. The third-order valence-corrected chi connectivity index (χ3v) is 4.34. The van der Waals surface area contributed by atoms with E-state index in [0.717, 1.165) is 22.9 Å². The first-order valence-corrected chi connectivity index (χ1v) is 7.30. The van der Waals surface area contributed by atoms with E-state index in [2.05, 4.69) is 21.2 Å². The number of piperazine rings is 1. The van der Waals surface area contributed by atoms with Crippen molar-refractivity contribution >= 4 is 27.7 Å². The Balaban J connectivity index is 1.95. The Labute approximate surface area is 120 Å². The number of nitrogens with one attached hydrogen (secondary N) is 1. The van der Waals surface area contributed by atoms with Crippen LogP contribution in [0.2, 0.25) is 0 Å². The minimum atomic E-state index is -0.502. The summed E-state index contributed by atoms with van der Waals surface area (Å²) in [5.74, 6) is 0.165. The summed E-state index contributed by atoms with van der Waals surface area (Å²) in [7, 11) is 0. The molecule has 19 heavy (non-hydrogen) atoms. The summed E-state index contributed by atoms with van der Waals surface area (Å²) < 4.78 is 0.866. The maximum absolute atomic E-state index is 12.3. The van der Waals surface area contributed by atoms with Gasteiger partial charge in [0.15, 0.2) is 0 Å². The minimum absolute atomic E-state index is 0.0906. The van der Waals surface area contributed by atoms with E-state index in [9.17, 15) is 9.59 Å². The summed E-state index contributed by atoms with van der Waals surface area (Å²) >= 11 is 3.47. The molecule has 0 bridgehead atoms. The maximum Gasteiger partial charge on any atom is 0.247 e. The van der Waals surface area contributed by atoms with Gasteiger partial charge in [0, 0.05) is 23.5 Å². The molecule has 2 aliphatic rings. The van der Waals surface area contributed by atoms with E-state index >= 15 is 0 Å². The minimum Gasteiger partial charge on any atom is -0.352 e. The van der Waals surface area contributed by atoms with Gasteiger partial charge in [0.1, 0.15) is 6.04 Å². The highest BCUT2D eigenvalue weighted by Gasteiger charge is 2.41. The van der Waals surface area contributed by atoms with Gasteiger partial charge in [-0.2, -0.15) is 0 Å². The van der Waals surface area contributed by atoms with Crippen LogP contribution in [0.25, 0.3) is 0 Å². The van der Waals surface area contributed by atoms with Crippen LogP contribution in [-0.4, -0.2) is 29.8 Å². The van der Waals surface area contributed by atoms with Crippen molar-refractivity contribution in [2.75, 3.05) is 13.1 Å². The Bertz CT molecular complexity index is 528. The molecule has 1 atom stereocenters. The van der Waals surface area contributed by atoms with Gasteiger partial charge in [-0.3, -0.25) is 9.59 Å². The summed E-state index contributed by atoms with van der Waals surface area (Å²) in [5, 5.41) is 2.85. The van der Waals surface area contributed by atoms with E-state index in [4.69, 9.17) is 0 Å². The molecule has 2 fully saturated rings. The van der Waals surface area contributed by atoms with Gasteiger partial charge in [0.05, 0.1) is 0 Å². The smallest absolute Gasteiger partial charge is 0.247 e. The molecule has 0 unspecified atom stereocenters. The van der Waals surface area contributed by atoms with Crippen LogP contribution in [-0.2, 0) is 9.59 Å². The highest BCUT2D eigenvalue weighted by atomic mass is 79.9. The molecule has 1 aromatic carbocycles. The molecule has 1 saturated carbocycles. The molecular weight excluding hydrogens is 308 g/mol. The lowest BCUT2D eigenvalue weighted by molar-refractivity contribution is -0.144. The van der Waals surface area contributed by atoms with Gasteiger partial charge in [-0.15, -0.1) is 0 Å². The first kappa shape index (κ1) is 12.7. The van der Waals surface area contributed by atoms with Gasteiger partial charge in [-0.1, -0.05) is 34.1 Å². The zero-order chi connectivity index (χ0) is 13.4. The lowest BCUT2D eigenvalue weighted by Gasteiger charge is -2.35. The molecule has 0 radical (unpaired) electrons. The molecule has 4 nitrogen and oxygen atoms in total. The fourth-order valence-electron chi connectivity index (χ4n) is 2.48. The zero-order valence-corrected chi connectivity index (χ0v) is 12.0. The summed E-state index contributed by atoms with van der Waals surface area (Å²) in [5.41, 5.74) is 0.855. The average molecular weight is 323 g/mol. The SMILES string of the molecule is O=C1NCCN(C(=O)C2CC2)[C@H]1c1ccccc1Br. The Kier molecular flexibility index (Phi) is 3.31. The number of amides is 2. The van der Waals surface area contributed by atoms with Crippen LogP contribution in [0.3, 0.4) is 0 Å². The van der Waals surface area contributed by atoms with Crippen molar-refractivity contribution in [2.45, 2.75) is 18.9 Å². The topological polar surface area (TPSA) is 49.4 Å². The van der Waals surface area contributed by atoms with Crippen molar-refractivity contribution in [1.29, 1.82) is 0 Å². The molecule has 5 heteroatoms. The molecule has 1 aliphatic carbocycles. The van der Waals surface area contributed by atoms with Gasteiger partial charge in [0.25, 0.3) is 0 Å². The second-order valence-corrected chi connectivity index (χ2v) is 5.88. The van der Waals surface area contributed by atoms with Gasteiger partial charge in [0.2, 0.25) is 11.8 Å². The number of halogens is 1. The van der Waals surface area contributed by atoms with Crippen LogP contribution >= 0.6 is 15.9 Å². The standard InChI is InChI=1S/C14H15BrN2O2/c15-11-4-2-1-3-10(11)12-13(18)16-7-8-17(12)14(19)9-5-6-9/h1-4,9,12H,5-8H2,(H,16,18)/t12-/m0/s1. The number of hydrogen-bond donors (Lipinski definition) is 1. The van der Waals surface area contributed by atoms with Crippen LogP contribution in [0.5, 0.6) is 0 Å². The summed E-state index contributed by atoms with van der Waals surface area (Å²) in [6.07, 6.45) is 1.92. The summed E-state index contributed by atoms with van der Waals surface area (Å²) in [6.45, 7) is 1.13. The second-order valence-electron chi connectivity index (χ2n) is 5.02. The lowest BCUT2D eigenvalue weighted by atomic mass is 10.0. The number of nitrogens with zero attached hydrogens (tertiary/aromatic N) is 1. The molecule has 0 spiro atoms. The molecule has 1 N–H and O–H groups in total. The van der Waals surface area contributed by atoms with E-state index in [1.807, 2.05) is 24.3 Å². The Morgan fingerprint density at radius 3 is 2.74 bits per heavy atom. The zero-order valence-electron chi connectivity index (χ0n) is 10.4. The van der Waals surface area contributed by atoms with Crippen LogP contribution in [0.1, 0.15) is 24.4 Å². The van der Waals surface area contributed by atoms with Crippen molar-refractivity contribution in [1.82, 2.24) is 10.2 Å². The highest BCUT2D eigenvalue weighted by Crippen LogP contribution is 2.36. The van der Waals surface area contributed by atoms with Crippen LogP contribution in [0, 0.1) is 5.92 Å². The van der Waals surface area contributed by atoms with Crippen molar-refractivity contribution in [3.63, 3.8) is 0 Å². The van der Waals surface area contributed by atoms with Gasteiger partial charge in [-0.25, -0.2) is 0 Å². The molecule has 2 amide bonds. The molecule has 1 saturated heterocycles. The summed E-state index contributed by atoms with van der Waals surface area (Å²) in [4.78, 5) is 26.2. The Morgan fingerprint density at radius 1 is 1.32 bits per heavy atom. The molecule has 1 aromatic rings. The quantitative estimate of drug-likeness (QED) is 0.903. The predicted molar refractivity (Wildman–Crippen MR) is 74.3 cm³/mol. The molecule has 1 heterocycles. The van der Waals surface area contributed by atoms with Crippen molar-refractivity contribution in [2.24, 2.45) is 5.92 Å². The number of benzene rings is 1. The molecule has 1 aliphatic heterocycles. The van der Waals surface area contributed by atoms with Gasteiger partial charge >= 0.3 is 0 Å². The first-order chi connectivity index (χ1) is 9.18. The molecule has 3 rings (SSSR count). The van der Waals surface area contributed by atoms with E-state index in [1.165, 1.54) is 0 Å². The van der Waals surface area contributed by atoms with Crippen LogP contribution < -0.4 is 5.32 Å². The number of rotatable bonds is 2. The number of carbonyl (C=O) groups excluding carboxylic acids is 2. The highest BCUT2D eigenvalue weighted by molar-refractivity contribution is 9.10. The van der Waals surface area contributed by atoms with Crippen LogP contribution in [0.15, 0.2) is 28.7 Å². The van der Waals surface area contributed by atoms with E-state index in [1.54, 1.807) is 4.90 Å². The third-order valence-electron chi connectivity index (χ3n) is 3.62. The molecular formula is C14H15BrN2O2. The van der Waals surface area contributed by atoms with Crippen molar-refractivity contribution in [3.8, 4) is 0 Å². The lowest BCUT2D eigenvalue weighted by Crippen LogP contribution is -2.52. The average Bonchev–Trinajstić information content (AvgIpc) is 3.23. The third kappa shape index (κ3) is 2.39. The normalized spacial score (nSPS) is 23.1. The fraction of sp³-hybridized carbons (Fsp3) is 0.429. The van der Waals surface area contributed by atoms with Gasteiger partial charge < -0.3 is 10.2 Å². The van der Waals surface area contributed by atoms with E-state index in [0.29, 0.717) is 13.1 Å². The molecule has 100 valence electrons. The second kappa shape index (κ2) is 4.96. The van der Waals surface area contributed by atoms with Crippen LogP contribution in [0.4, 0.5) is 0 Å². The largest absolute Gasteiger partial charge is 0.352 e. The maximum atomic E-state index is 12.3. The Hall–Kier alpha value is -1.36. The molecule has 0 aromatic heterocycles. The first-order valence-electron chi connectivity index (χ1n) is 6.51. The number of hydrogen-bond acceptors (Lipinski definition) is 2. The van der Waals surface area contributed by atoms with Crippen molar-refractivity contribution < 1.29 is 9.59 Å².